The van der Waals surface area contributed by atoms with Gasteiger partial charge in [0.15, 0.2) is 0 Å². The summed E-state index contributed by atoms with van der Waals surface area (Å²) in [5.41, 5.74) is 7.00. The van der Waals surface area contributed by atoms with E-state index in [9.17, 15) is 0 Å². The molecule has 1 aromatic rings. The highest BCUT2D eigenvalue weighted by Gasteiger charge is 2.43. The number of benzene rings is 1. The number of hydrogen-bond donors (Lipinski definition) is 2. The fraction of sp³-hybridized carbons (Fsp3) is 0.500. The number of nitrogens with two attached hydrogens (primary N) is 1. The Hall–Kier alpha value is -1.06. The van der Waals surface area contributed by atoms with E-state index in [1.807, 2.05) is 12.1 Å². The molecule has 1 aliphatic rings. The fourth-order valence-electron chi connectivity index (χ4n) is 1.92. The van der Waals surface area contributed by atoms with Crippen LogP contribution in [0.15, 0.2) is 24.3 Å². The summed E-state index contributed by atoms with van der Waals surface area (Å²) in [6.45, 7) is 1.56. The Bertz CT molecular complexity index is 334. The van der Waals surface area contributed by atoms with Crippen LogP contribution in [0.25, 0.3) is 0 Å². The quantitative estimate of drug-likeness (QED) is 0.762. The maximum Gasteiger partial charge on any atom is 0.119 e. The van der Waals surface area contributed by atoms with E-state index < -0.39 is 0 Å². The van der Waals surface area contributed by atoms with Crippen LogP contribution >= 0.6 is 0 Å². The summed E-state index contributed by atoms with van der Waals surface area (Å²) < 4.78 is 5.23. The van der Waals surface area contributed by atoms with Crippen molar-refractivity contribution in [3.05, 3.63) is 29.8 Å². The van der Waals surface area contributed by atoms with Crippen molar-refractivity contribution in [3.63, 3.8) is 0 Å². The second kappa shape index (κ2) is 4.21. The van der Waals surface area contributed by atoms with E-state index in [1.54, 1.807) is 7.11 Å². The average molecular weight is 206 g/mol. The van der Waals surface area contributed by atoms with Crippen molar-refractivity contribution < 1.29 is 4.74 Å². The minimum atomic E-state index is 0.175. The molecule has 82 valence electrons. The van der Waals surface area contributed by atoms with Gasteiger partial charge in [0.2, 0.25) is 0 Å². The number of methoxy groups -OCH3 is 1. The van der Waals surface area contributed by atoms with Crippen LogP contribution < -0.4 is 15.8 Å². The first-order chi connectivity index (χ1) is 7.30. The van der Waals surface area contributed by atoms with Gasteiger partial charge in [0.25, 0.3) is 0 Å². The highest BCUT2D eigenvalue weighted by Crippen LogP contribution is 2.45. The molecule has 3 N–H and O–H groups in total. The zero-order valence-corrected chi connectivity index (χ0v) is 9.12. The second-order valence-corrected chi connectivity index (χ2v) is 4.03. The maximum absolute atomic E-state index is 5.51. The minimum absolute atomic E-state index is 0.175. The molecule has 3 heteroatoms. The van der Waals surface area contributed by atoms with Crippen LogP contribution in [0.3, 0.4) is 0 Å². The SMILES string of the molecule is COc1cccc(C2(NCCN)CC2)c1. The van der Waals surface area contributed by atoms with Crippen molar-refractivity contribution in [3.8, 4) is 5.75 Å². The van der Waals surface area contributed by atoms with Gasteiger partial charge in [-0.15, -0.1) is 0 Å². The lowest BCUT2D eigenvalue weighted by molar-refractivity contribution is 0.412. The Kier molecular flexibility index (Phi) is 2.93. The molecule has 0 bridgehead atoms. The second-order valence-electron chi connectivity index (χ2n) is 4.03. The molecule has 1 aromatic carbocycles. The molecule has 0 amide bonds. The van der Waals surface area contributed by atoms with Crippen molar-refractivity contribution in [1.82, 2.24) is 5.32 Å². The number of hydrogen-bond acceptors (Lipinski definition) is 3. The number of rotatable bonds is 5. The van der Waals surface area contributed by atoms with E-state index in [0.29, 0.717) is 6.54 Å². The first-order valence-electron chi connectivity index (χ1n) is 5.40. The van der Waals surface area contributed by atoms with Crippen molar-refractivity contribution in [2.75, 3.05) is 20.2 Å². The van der Waals surface area contributed by atoms with Crippen molar-refractivity contribution >= 4 is 0 Å². The highest BCUT2D eigenvalue weighted by atomic mass is 16.5. The van der Waals surface area contributed by atoms with Crippen LogP contribution in [0.4, 0.5) is 0 Å². The molecule has 0 saturated heterocycles. The summed E-state index contributed by atoms with van der Waals surface area (Å²) >= 11 is 0. The molecule has 1 fully saturated rings. The molecule has 15 heavy (non-hydrogen) atoms. The molecule has 0 spiro atoms. The molecule has 3 nitrogen and oxygen atoms in total. The summed E-state index contributed by atoms with van der Waals surface area (Å²) in [6.07, 6.45) is 2.39. The lowest BCUT2D eigenvalue weighted by atomic mass is 10.0. The first kappa shape index (κ1) is 10.5. The molecular weight excluding hydrogens is 188 g/mol. The number of ether oxygens (including phenoxy) is 1. The van der Waals surface area contributed by atoms with Crippen LogP contribution in [0.1, 0.15) is 18.4 Å². The highest BCUT2D eigenvalue weighted by molar-refractivity contribution is 5.36. The van der Waals surface area contributed by atoms with E-state index in [1.165, 1.54) is 18.4 Å². The summed E-state index contributed by atoms with van der Waals surface area (Å²) in [5.74, 6) is 0.924. The van der Waals surface area contributed by atoms with Gasteiger partial charge < -0.3 is 15.8 Å². The van der Waals surface area contributed by atoms with Gasteiger partial charge in [-0.2, -0.15) is 0 Å². The van der Waals surface area contributed by atoms with E-state index in [2.05, 4.69) is 17.4 Å². The molecule has 0 unspecified atom stereocenters. The van der Waals surface area contributed by atoms with E-state index in [-0.39, 0.29) is 5.54 Å². The van der Waals surface area contributed by atoms with Gasteiger partial charge in [0.05, 0.1) is 7.11 Å². The largest absolute Gasteiger partial charge is 0.497 e. The average Bonchev–Trinajstić information content (AvgIpc) is 3.08. The monoisotopic (exact) mass is 206 g/mol. The van der Waals surface area contributed by atoms with Crippen LogP contribution in [-0.2, 0) is 5.54 Å². The molecule has 0 heterocycles. The molecule has 2 rings (SSSR count). The molecule has 1 saturated carbocycles. The smallest absolute Gasteiger partial charge is 0.119 e. The lowest BCUT2D eigenvalue weighted by Gasteiger charge is -2.18. The topological polar surface area (TPSA) is 47.3 Å². The Morgan fingerprint density at radius 1 is 1.47 bits per heavy atom. The van der Waals surface area contributed by atoms with Gasteiger partial charge in [0, 0.05) is 18.6 Å². The number of nitrogens with one attached hydrogen (secondary N) is 1. The third-order valence-electron chi connectivity index (χ3n) is 2.98. The van der Waals surface area contributed by atoms with Crippen molar-refractivity contribution in [2.24, 2.45) is 5.73 Å². The normalized spacial score (nSPS) is 17.5. The Morgan fingerprint density at radius 3 is 2.87 bits per heavy atom. The first-order valence-corrected chi connectivity index (χ1v) is 5.40. The van der Waals surface area contributed by atoms with Crippen LogP contribution in [0.5, 0.6) is 5.75 Å². The van der Waals surface area contributed by atoms with E-state index in [4.69, 9.17) is 10.5 Å². The molecule has 0 atom stereocenters. The molecule has 1 aliphatic carbocycles. The van der Waals surface area contributed by atoms with Gasteiger partial charge in [-0.05, 0) is 30.5 Å². The maximum atomic E-state index is 5.51. The van der Waals surface area contributed by atoms with Crippen molar-refractivity contribution in [2.45, 2.75) is 18.4 Å². The fourth-order valence-corrected chi connectivity index (χ4v) is 1.92. The predicted octanol–water partition coefficient (Wildman–Crippen LogP) is 1.23. The van der Waals surface area contributed by atoms with E-state index in [0.717, 1.165) is 12.3 Å². The van der Waals surface area contributed by atoms with Gasteiger partial charge in [-0.3, -0.25) is 0 Å². The Labute approximate surface area is 90.6 Å². The van der Waals surface area contributed by atoms with Crippen LogP contribution in [0.2, 0.25) is 0 Å². The lowest BCUT2D eigenvalue weighted by Crippen LogP contribution is -2.33. The third-order valence-corrected chi connectivity index (χ3v) is 2.98. The zero-order chi connectivity index (χ0) is 10.7. The third kappa shape index (κ3) is 2.13. The molecule has 0 aliphatic heterocycles. The van der Waals surface area contributed by atoms with Gasteiger partial charge in [-0.1, -0.05) is 12.1 Å². The van der Waals surface area contributed by atoms with Gasteiger partial charge in [-0.25, -0.2) is 0 Å². The zero-order valence-electron chi connectivity index (χ0n) is 9.12. The Morgan fingerprint density at radius 2 is 2.27 bits per heavy atom. The summed E-state index contributed by atoms with van der Waals surface area (Å²) in [6, 6.07) is 8.27. The van der Waals surface area contributed by atoms with Gasteiger partial charge in [0.1, 0.15) is 5.75 Å². The summed E-state index contributed by atoms with van der Waals surface area (Å²) in [5, 5.41) is 3.51. The standard InChI is InChI=1S/C12H18N2O/c1-15-11-4-2-3-10(9-11)12(5-6-12)14-8-7-13/h2-4,9,14H,5-8,13H2,1H3. The molecular formula is C12H18N2O. The van der Waals surface area contributed by atoms with Crippen LogP contribution in [-0.4, -0.2) is 20.2 Å². The predicted molar refractivity (Wildman–Crippen MR) is 61.0 cm³/mol. The summed E-state index contributed by atoms with van der Waals surface area (Å²) in [4.78, 5) is 0. The molecule has 0 radical (unpaired) electrons. The van der Waals surface area contributed by atoms with E-state index >= 15 is 0 Å². The molecule has 0 aromatic heterocycles. The minimum Gasteiger partial charge on any atom is -0.497 e. The van der Waals surface area contributed by atoms with Gasteiger partial charge >= 0.3 is 0 Å². The Balaban J connectivity index is 2.14. The summed E-state index contributed by atoms with van der Waals surface area (Å²) in [7, 11) is 1.70. The van der Waals surface area contributed by atoms with Crippen LogP contribution in [0, 0.1) is 0 Å². The van der Waals surface area contributed by atoms with Crippen molar-refractivity contribution in [1.29, 1.82) is 0 Å².